The van der Waals surface area contributed by atoms with Crippen molar-refractivity contribution in [3.8, 4) is 5.75 Å². The fourth-order valence-corrected chi connectivity index (χ4v) is 1.41. The quantitative estimate of drug-likeness (QED) is 0.768. The molecule has 0 unspecified atom stereocenters. The zero-order chi connectivity index (χ0) is 12.8. The number of H-pyrrole nitrogens is 1. The highest BCUT2D eigenvalue weighted by Crippen LogP contribution is 2.14. The number of imidazole rings is 1. The number of amides is 2. The first-order chi connectivity index (χ1) is 8.78. The predicted octanol–water partition coefficient (Wildman–Crippen LogP) is 1.74. The molecular formula is C12H14N4O2. The van der Waals surface area contributed by atoms with Crippen LogP contribution in [0.15, 0.2) is 36.8 Å². The molecule has 0 saturated carbocycles. The van der Waals surface area contributed by atoms with E-state index in [1.165, 1.54) is 0 Å². The summed E-state index contributed by atoms with van der Waals surface area (Å²) in [6.45, 7) is 0.405. The first-order valence-corrected chi connectivity index (χ1v) is 5.44. The Balaban J connectivity index is 1.83. The van der Waals surface area contributed by atoms with Gasteiger partial charge in [0.2, 0.25) is 0 Å². The molecule has 0 spiro atoms. The Hall–Kier alpha value is -2.50. The van der Waals surface area contributed by atoms with Crippen molar-refractivity contribution in [2.45, 2.75) is 6.54 Å². The molecule has 3 N–H and O–H groups in total. The smallest absolute Gasteiger partial charge is 0.319 e. The fraction of sp³-hybridized carbons (Fsp3) is 0.167. The van der Waals surface area contributed by atoms with Gasteiger partial charge < -0.3 is 20.4 Å². The number of rotatable bonds is 4. The summed E-state index contributed by atoms with van der Waals surface area (Å²) >= 11 is 0. The van der Waals surface area contributed by atoms with Gasteiger partial charge in [0.15, 0.2) is 0 Å². The molecule has 0 bridgehead atoms. The normalized spacial score (nSPS) is 9.83. The maximum atomic E-state index is 11.6. The lowest BCUT2D eigenvalue weighted by Gasteiger charge is -2.07. The Bertz CT molecular complexity index is 493. The van der Waals surface area contributed by atoms with E-state index in [1.54, 1.807) is 43.9 Å². The third kappa shape index (κ3) is 3.24. The number of aromatic amines is 1. The predicted molar refractivity (Wildman–Crippen MR) is 67.4 cm³/mol. The number of nitrogens with zero attached hydrogens (tertiary/aromatic N) is 1. The summed E-state index contributed by atoms with van der Waals surface area (Å²) in [5, 5.41) is 5.43. The molecule has 2 aromatic rings. The van der Waals surface area contributed by atoms with Crippen LogP contribution in [0, 0.1) is 0 Å². The van der Waals surface area contributed by atoms with Gasteiger partial charge in [0.25, 0.3) is 0 Å². The van der Waals surface area contributed by atoms with Crippen molar-refractivity contribution in [2.75, 3.05) is 12.4 Å². The van der Waals surface area contributed by atoms with Crippen LogP contribution < -0.4 is 15.4 Å². The summed E-state index contributed by atoms with van der Waals surface area (Å²) < 4.78 is 5.03. The molecule has 0 saturated heterocycles. The molecule has 0 atom stereocenters. The number of carbonyl (C=O) groups excluding carboxylic acids is 1. The van der Waals surface area contributed by atoms with Crippen LogP contribution in [0.4, 0.5) is 10.5 Å². The molecule has 1 heterocycles. The number of ether oxygens (including phenoxy) is 1. The molecular weight excluding hydrogens is 232 g/mol. The first-order valence-electron chi connectivity index (χ1n) is 5.44. The number of carbonyl (C=O) groups is 1. The van der Waals surface area contributed by atoms with Gasteiger partial charge in [-0.05, 0) is 24.3 Å². The van der Waals surface area contributed by atoms with Gasteiger partial charge >= 0.3 is 6.03 Å². The van der Waals surface area contributed by atoms with Gasteiger partial charge in [-0.2, -0.15) is 0 Å². The highest BCUT2D eigenvalue weighted by molar-refractivity contribution is 5.89. The zero-order valence-corrected chi connectivity index (χ0v) is 9.93. The number of hydrogen-bond acceptors (Lipinski definition) is 3. The molecule has 2 rings (SSSR count). The van der Waals surface area contributed by atoms with Gasteiger partial charge in [-0.15, -0.1) is 0 Å². The Labute approximate surface area is 104 Å². The molecule has 2 amide bonds. The van der Waals surface area contributed by atoms with Crippen molar-refractivity contribution in [1.82, 2.24) is 15.3 Å². The second kappa shape index (κ2) is 5.72. The fourth-order valence-electron chi connectivity index (χ4n) is 1.41. The van der Waals surface area contributed by atoms with E-state index in [9.17, 15) is 4.79 Å². The van der Waals surface area contributed by atoms with E-state index >= 15 is 0 Å². The van der Waals surface area contributed by atoms with Gasteiger partial charge in [0.1, 0.15) is 5.75 Å². The Morgan fingerprint density at radius 1 is 1.39 bits per heavy atom. The van der Waals surface area contributed by atoms with Crippen LogP contribution in [-0.4, -0.2) is 23.1 Å². The average molecular weight is 246 g/mol. The van der Waals surface area contributed by atoms with Crippen LogP contribution in [0.1, 0.15) is 5.69 Å². The van der Waals surface area contributed by atoms with Crippen LogP contribution in [0.2, 0.25) is 0 Å². The van der Waals surface area contributed by atoms with Crippen molar-refractivity contribution in [3.63, 3.8) is 0 Å². The van der Waals surface area contributed by atoms with E-state index in [1.807, 2.05) is 0 Å². The molecule has 94 valence electrons. The lowest BCUT2D eigenvalue weighted by atomic mass is 10.3. The van der Waals surface area contributed by atoms with E-state index in [-0.39, 0.29) is 6.03 Å². The van der Waals surface area contributed by atoms with E-state index in [2.05, 4.69) is 20.6 Å². The van der Waals surface area contributed by atoms with Crippen molar-refractivity contribution in [2.24, 2.45) is 0 Å². The number of nitrogens with one attached hydrogen (secondary N) is 3. The van der Waals surface area contributed by atoms with Crippen LogP contribution in [-0.2, 0) is 6.54 Å². The number of hydrogen-bond donors (Lipinski definition) is 3. The van der Waals surface area contributed by atoms with Gasteiger partial charge in [-0.25, -0.2) is 9.78 Å². The van der Waals surface area contributed by atoms with Crippen molar-refractivity contribution in [1.29, 1.82) is 0 Å². The second-order valence-corrected chi connectivity index (χ2v) is 3.61. The van der Waals surface area contributed by atoms with E-state index in [0.29, 0.717) is 12.2 Å². The number of aromatic nitrogens is 2. The highest BCUT2D eigenvalue weighted by Gasteiger charge is 2.02. The van der Waals surface area contributed by atoms with Crippen LogP contribution >= 0.6 is 0 Å². The molecule has 0 aliphatic heterocycles. The monoisotopic (exact) mass is 246 g/mol. The minimum atomic E-state index is -0.269. The van der Waals surface area contributed by atoms with E-state index in [0.717, 1.165) is 11.4 Å². The van der Waals surface area contributed by atoms with Crippen LogP contribution in [0.5, 0.6) is 5.75 Å². The second-order valence-electron chi connectivity index (χ2n) is 3.61. The first kappa shape index (κ1) is 12.0. The largest absolute Gasteiger partial charge is 0.497 e. The topological polar surface area (TPSA) is 79.0 Å². The Morgan fingerprint density at radius 3 is 2.78 bits per heavy atom. The molecule has 1 aromatic heterocycles. The van der Waals surface area contributed by atoms with Gasteiger partial charge in [-0.1, -0.05) is 0 Å². The average Bonchev–Trinajstić information content (AvgIpc) is 2.90. The summed E-state index contributed by atoms with van der Waals surface area (Å²) in [5.41, 5.74) is 1.55. The number of methoxy groups -OCH3 is 1. The highest BCUT2D eigenvalue weighted by atomic mass is 16.5. The summed E-state index contributed by atoms with van der Waals surface area (Å²) in [6, 6.07) is 6.84. The van der Waals surface area contributed by atoms with E-state index in [4.69, 9.17) is 4.74 Å². The lowest BCUT2D eigenvalue weighted by molar-refractivity contribution is 0.251. The molecule has 0 aliphatic carbocycles. The van der Waals surface area contributed by atoms with Gasteiger partial charge in [0, 0.05) is 11.9 Å². The number of anilines is 1. The standard InChI is InChI=1S/C12H14N4O2/c1-18-11-4-2-9(3-5-11)16-12(17)14-7-10-6-13-8-15-10/h2-6,8H,7H2,1H3,(H,13,15)(H2,14,16,17). The summed E-state index contributed by atoms with van der Waals surface area (Å²) in [7, 11) is 1.60. The van der Waals surface area contributed by atoms with Crippen molar-refractivity contribution < 1.29 is 9.53 Å². The third-order valence-corrected chi connectivity index (χ3v) is 2.34. The number of urea groups is 1. The zero-order valence-electron chi connectivity index (χ0n) is 9.93. The van der Waals surface area contributed by atoms with Crippen molar-refractivity contribution >= 4 is 11.7 Å². The van der Waals surface area contributed by atoms with Gasteiger partial charge in [-0.3, -0.25) is 0 Å². The third-order valence-electron chi connectivity index (χ3n) is 2.34. The molecule has 6 nitrogen and oxygen atoms in total. The SMILES string of the molecule is COc1ccc(NC(=O)NCc2cnc[nH]2)cc1. The minimum absolute atomic E-state index is 0.269. The number of benzene rings is 1. The maximum absolute atomic E-state index is 11.6. The van der Waals surface area contributed by atoms with E-state index < -0.39 is 0 Å². The summed E-state index contributed by atoms with van der Waals surface area (Å²) in [4.78, 5) is 18.3. The van der Waals surface area contributed by atoms with Crippen molar-refractivity contribution in [3.05, 3.63) is 42.5 Å². The van der Waals surface area contributed by atoms with Crippen LogP contribution in [0.3, 0.4) is 0 Å². The molecule has 0 fully saturated rings. The lowest BCUT2D eigenvalue weighted by Crippen LogP contribution is -2.28. The van der Waals surface area contributed by atoms with Crippen LogP contribution in [0.25, 0.3) is 0 Å². The minimum Gasteiger partial charge on any atom is -0.497 e. The van der Waals surface area contributed by atoms with Gasteiger partial charge in [0.05, 0.1) is 25.7 Å². The maximum Gasteiger partial charge on any atom is 0.319 e. The Morgan fingerprint density at radius 2 is 2.17 bits per heavy atom. The molecule has 0 aliphatic rings. The Kier molecular flexibility index (Phi) is 3.80. The summed E-state index contributed by atoms with van der Waals surface area (Å²) in [5.74, 6) is 0.749. The molecule has 0 radical (unpaired) electrons. The molecule has 6 heteroatoms. The molecule has 1 aromatic carbocycles. The molecule has 18 heavy (non-hydrogen) atoms. The summed E-state index contributed by atoms with van der Waals surface area (Å²) in [6.07, 6.45) is 3.23.